The second kappa shape index (κ2) is 10.3. The van der Waals surface area contributed by atoms with E-state index in [1.165, 1.54) is 47.0 Å². The van der Waals surface area contributed by atoms with Crippen LogP contribution in [0.1, 0.15) is 40.3 Å². The monoisotopic (exact) mass is 512 g/mol. The maximum Gasteiger partial charge on any atom is 0.350 e. The Bertz CT molecular complexity index is 1310. The van der Waals surface area contributed by atoms with E-state index < -0.39 is 21.9 Å². The van der Waals surface area contributed by atoms with E-state index in [4.69, 9.17) is 4.74 Å². The van der Waals surface area contributed by atoms with Gasteiger partial charge in [-0.3, -0.25) is 4.79 Å². The zero-order valence-electron chi connectivity index (χ0n) is 19.9. The van der Waals surface area contributed by atoms with Crippen LogP contribution < -0.4 is 5.32 Å². The number of amides is 1. The third-order valence-electron chi connectivity index (χ3n) is 6.00. The molecule has 3 aromatic rings. The number of rotatable bonds is 6. The molecule has 0 radical (unpaired) electrons. The fourth-order valence-corrected chi connectivity index (χ4v) is 7.11. The standard InChI is InChI=1S/C26H28N2O5S2/c1-17-13-18(2)16-28(15-17)35(31,32)21-11-9-20(10-12-21)25(29)27-22-14-23(19-7-5-4-6-8-19)34-24(22)26(30)33-3/h4-12,14,17-18H,13,15-16H2,1-3H3,(H,27,29)/t17-,18+. The summed E-state index contributed by atoms with van der Waals surface area (Å²) in [5.74, 6) is -0.390. The number of esters is 1. The van der Waals surface area contributed by atoms with E-state index in [1.807, 2.05) is 30.3 Å². The van der Waals surface area contributed by atoms with Gasteiger partial charge in [0.25, 0.3) is 5.91 Å². The van der Waals surface area contributed by atoms with E-state index in [0.717, 1.165) is 16.9 Å². The van der Waals surface area contributed by atoms with Gasteiger partial charge in [0.05, 0.1) is 17.7 Å². The van der Waals surface area contributed by atoms with Gasteiger partial charge in [0.1, 0.15) is 4.88 Å². The van der Waals surface area contributed by atoms with Crippen molar-refractivity contribution in [1.82, 2.24) is 4.31 Å². The number of sulfonamides is 1. The molecule has 0 saturated carbocycles. The van der Waals surface area contributed by atoms with E-state index in [-0.39, 0.29) is 15.3 Å². The molecule has 4 rings (SSSR count). The fraction of sp³-hybridized carbons (Fsp3) is 0.308. The molecule has 1 saturated heterocycles. The molecule has 0 unspecified atom stereocenters. The molecule has 1 amide bonds. The van der Waals surface area contributed by atoms with Crippen molar-refractivity contribution in [3.8, 4) is 10.4 Å². The second-order valence-corrected chi connectivity index (χ2v) is 11.9. The number of carbonyl (C=O) groups excluding carboxylic acids is 2. The molecular formula is C26H28N2O5S2. The van der Waals surface area contributed by atoms with E-state index in [0.29, 0.717) is 30.6 Å². The highest BCUT2D eigenvalue weighted by Crippen LogP contribution is 2.35. The molecule has 1 fully saturated rings. The topological polar surface area (TPSA) is 92.8 Å². The summed E-state index contributed by atoms with van der Waals surface area (Å²) in [6.07, 6.45) is 1.01. The van der Waals surface area contributed by atoms with Crippen LogP contribution in [-0.4, -0.2) is 44.8 Å². The Morgan fingerprint density at radius 2 is 1.63 bits per heavy atom. The number of thiophene rings is 1. The molecule has 35 heavy (non-hydrogen) atoms. The molecule has 2 atom stereocenters. The zero-order chi connectivity index (χ0) is 25.2. The van der Waals surface area contributed by atoms with Gasteiger partial charge in [-0.05, 0) is 54.2 Å². The Morgan fingerprint density at radius 3 is 2.23 bits per heavy atom. The van der Waals surface area contributed by atoms with Crippen LogP contribution in [0.25, 0.3) is 10.4 Å². The summed E-state index contributed by atoms with van der Waals surface area (Å²) in [6, 6.07) is 17.2. The number of hydrogen-bond acceptors (Lipinski definition) is 6. The van der Waals surface area contributed by atoms with Gasteiger partial charge in [-0.2, -0.15) is 4.31 Å². The molecule has 1 N–H and O–H groups in total. The van der Waals surface area contributed by atoms with Crippen LogP contribution in [0.4, 0.5) is 5.69 Å². The summed E-state index contributed by atoms with van der Waals surface area (Å²) in [4.78, 5) is 26.5. The molecule has 0 spiro atoms. The van der Waals surface area contributed by atoms with Gasteiger partial charge >= 0.3 is 5.97 Å². The molecule has 2 heterocycles. The predicted molar refractivity (Wildman–Crippen MR) is 137 cm³/mol. The average Bonchev–Trinajstić information content (AvgIpc) is 3.27. The number of carbonyl (C=O) groups is 2. The first-order valence-electron chi connectivity index (χ1n) is 11.4. The van der Waals surface area contributed by atoms with Crippen molar-refractivity contribution in [1.29, 1.82) is 0 Å². The van der Waals surface area contributed by atoms with Crippen LogP contribution in [0.3, 0.4) is 0 Å². The molecule has 1 aliphatic rings. The highest BCUT2D eigenvalue weighted by Gasteiger charge is 2.31. The van der Waals surface area contributed by atoms with E-state index in [1.54, 1.807) is 6.07 Å². The van der Waals surface area contributed by atoms with Crippen LogP contribution in [0.2, 0.25) is 0 Å². The number of methoxy groups -OCH3 is 1. The zero-order valence-corrected chi connectivity index (χ0v) is 21.5. The maximum atomic E-state index is 13.1. The fourth-order valence-electron chi connectivity index (χ4n) is 4.40. The maximum absolute atomic E-state index is 13.1. The SMILES string of the molecule is COC(=O)c1sc(-c2ccccc2)cc1NC(=O)c1ccc(S(=O)(=O)N2C[C@H](C)C[C@H](C)C2)cc1. The third kappa shape index (κ3) is 5.47. The summed E-state index contributed by atoms with van der Waals surface area (Å²) in [5.41, 5.74) is 1.55. The summed E-state index contributed by atoms with van der Waals surface area (Å²) in [7, 11) is -2.35. The molecule has 2 aromatic carbocycles. The number of ether oxygens (including phenoxy) is 1. The minimum Gasteiger partial charge on any atom is -0.465 e. The quantitative estimate of drug-likeness (QED) is 0.463. The van der Waals surface area contributed by atoms with Crippen molar-refractivity contribution in [2.75, 3.05) is 25.5 Å². The van der Waals surface area contributed by atoms with Gasteiger partial charge < -0.3 is 10.1 Å². The summed E-state index contributed by atoms with van der Waals surface area (Å²) < 4.78 is 32.6. The Morgan fingerprint density at radius 1 is 1.00 bits per heavy atom. The smallest absolute Gasteiger partial charge is 0.350 e. The lowest BCUT2D eigenvalue weighted by Gasteiger charge is -2.34. The molecule has 0 aliphatic carbocycles. The summed E-state index contributed by atoms with van der Waals surface area (Å²) in [5, 5.41) is 2.78. The molecule has 1 aliphatic heterocycles. The number of anilines is 1. The first-order valence-corrected chi connectivity index (χ1v) is 13.6. The van der Waals surface area contributed by atoms with Crippen LogP contribution in [0, 0.1) is 11.8 Å². The van der Waals surface area contributed by atoms with Crippen molar-refractivity contribution in [2.45, 2.75) is 25.2 Å². The molecule has 184 valence electrons. The van der Waals surface area contributed by atoms with Crippen molar-refractivity contribution in [3.05, 3.63) is 71.1 Å². The first kappa shape index (κ1) is 25.1. The van der Waals surface area contributed by atoms with Gasteiger partial charge in [-0.1, -0.05) is 44.2 Å². The van der Waals surface area contributed by atoms with Crippen molar-refractivity contribution in [2.24, 2.45) is 11.8 Å². The minimum atomic E-state index is -3.64. The van der Waals surface area contributed by atoms with E-state index in [9.17, 15) is 18.0 Å². The van der Waals surface area contributed by atoms with E-state index >= 15 is 0 Å². The Labute approximate surface area is 209 Å². The van der Waals surface area contributed by atoms with Crippen LogP contribution in [0.15, 0.2) is 65.6 Å². The molecule has 9 heteroatoms. The Balaban J connectivity index is 1.55. The lowest BCUT2D eigenvalue weighted by Crippen LogP contribution is -2.42. The van der Waals surface area contributed by atoms with Gasteiger partial charge in [0, 0.05) is 23.5 Å². The second-order valence-electron chi connectivity index (χ2n) is 8.96. The summed E-state index contributed by atoms with van der Waals surface area (Å²) in [6.45, 7) is 5.10. The summed E-state index contributed by atoms with van der Waals surface area (Å²) >= 11 is 1.23. The van der Waals surface area contributed by atoms with Gasteiger partial charge in [-0.15, -0.1) is 11.3 Å². The molecule has 0 bridgehead atoms. The Hall–Kier alpha value is -3.01. The number of benzene rings is 2. The average molecular weight is 513 g/mol. The molecule has 7 nitrogen and oxygen atoms in total. The van der Waals surface area contributed by atoms with Crippen LogP contribution in [0.5, 0.6) is 0 Å². The predicted octanol–water partition coefficient (Wildman–Crippen LogP) is 5.12. The van der Waals surface area contributed by atoms with Crippen molar-refractivity contribution < 1.29 is 22.7 Å². The van der Waals surface area contributed by atoms with E-state index in [2.05, 4.69) is 19.2 Å². The van der Waals surface area contributed by atoms with Crippen LogP contribution in [-0.2, 0) is 14.8 Å². The lowest BCUT2D eigenvalue weighted by molar-refractivity contribution is 0.0607. The highest BCUT2D eigenvalue weighted by atomic mass is 32.2. The number of nitrogens with zero attached hydrogens (tertiary/aromatic N) is 1. The molecular weight excluding hydrogens is 484 g/mol. The van der Waals surface area contributed by atoms with Crippen LogP contribution >= 0.6 is 11.3 Å². The van der Waals surface area contributed by atoms with Gasteiger partial charge in [0.2, 0.25) is 10.0 Å². The molecule has 1 aromatic heterocycles. The van der Waals surface area contributed by atoms with Crippen molar-refractivity contribution in [3.63, 3.8) is 0 Å². The third-order valence-corrected chi connectivity index (χ3v) is 9.01. The Kier molecular flexibility index (Phi) is 7.39. The van der Waals surface area contributed by atoms with Gasteiger partial charge in [0.15, 0.2) is 0 Å². The number of piperidine rings is 1. The van der Waals surface area contributed by atoms with Gasteiger partial charge in [-0.25, -0.2) is 13.2 Å². The minimum absolute atomic E-state index is 0.160. The number of nitrogens with one attached hydrogen (secondary N) is 1. The normalized spacial score (nSPS) is 18.7. The largest absolute Gasteiger partial charge is 0.465 e. The number of hydrogen-bond donors (Lipinski definition) is 1. The lowest BCUT2D eigenvalue weighted by atomic mass is 9.94. The first-order chi connectivity index (χ1) is 16.7. The van der Waals surface area contributed by atoms with Crippen molar-refractivity contribution >= 4 is 38.9 Å². The highest BCUT2D eigenvalue weighted by molar-refractivity contribution is 7.89.